The number of anilines is 2. The summed E-state index contributed by atoms with van der Waals surface area (Å²) in [4.78, 5) is 8.31. The molecule has 110 valence electrons. The number of nitrogens with one attached hydrogen (secondary N) is 1. The Kier molecular flexibility index (Phi) is 3.27. The number of hydrogen-bond acceptors (Lipinski definition) is 5. The van der Waals surface area contributed by atoms with Gasteiger partial charge in [0.2, 0.25) is 5.95 Å². The Morgan fingerprint density at radius 3 is 2.68 bits per heavy atom. The molecule has 0 amide bonds. The second kappa shape index (κ2) is 5.55. The summed E-state index contributed by atoms with van der Waals surface area (Å²) in [6, 6.07) is 10.1. The van der Waals surface area contributed by atoms with Crippen LogP contribution in [0, 0.1) is 0 Å². The summed E-state index contributed by atoms with van der Waals surface area (Å²) in [5.41, 5.74) is 2.20. The van der Waals surface area contributed by atoms with E-state index in [9.17, 15) is 0 Å². The highest BCUT2D eigenvalue weighted by molar-refractivity contribution is 5.53. The van der Waals surface area contributed by atoms with Crippen molar-refractivity contribution in [2.45, 2.75) is 25.8 Å². The Morgan fingerprint density at radius 2 is 1.86 bits per heavy atom. The molecule has 0 bridgehead atoms. The number of benzene rings is 1. The van der Waals surface area contributed by atoms with Crippen LogP contribution in [0.1, 0.15) is 23.6 Å². The molecule has 0 aliphatic carbocycles. The van der Waals surface area contributed by atoms with E-state index >= 15 is 0 Å². The molecule has 6 nitrogen and oxygen atoms in total. The lowest BCUT2D eigenvalue weighted by Crippen LogP contribution is -2.02. The smallest absolute Gasteiger partial charge is 0.227 e. The number of rotatable bonds is 4. The molecule has 3 aromatic rings. The third-order valence-electron chi connectivity index (χ3n) is 3.82. The molecule has 4 rings (SSSR count). The number of fused-ring (bicyclic) bond motifs is 1. The van der Waals surface area contributed by atoms with E-state index in [1.807, 2.05) is 12.1 Å². The molecular weight excluding hydrogens is 276 g/mol. The van der Waals surface area contributed by atoms with Crippen molar-refractivity contribution < 1.29 is 0 Å². The zero-order valence-corrected chi connectivity index (χ0v) is 12.1. The van der Waals surface area contributed by atoms with Crippen molar-refractivity contribution in [3.63, 3.8) is 0 Å². The Morgan fingerprint density at radius 1 is 1.05 bits per heavy atom. The van der Waals surface area contributed by atoms with E-state index in [2.05, 4.69) is 42.2 Å². The first kappa shape index (κ1) is 12.9. The second-order valence-electron chi connectivity index (χ2n) is 5.36. The van der Waals surface area contributed by atoms with Crippen LogP contribution in [0.15, 0.2) is 42.7 Å². The minimum absolute atomic E-state index is 0.602. The number of hydrogen-bond donors (Lipinski definition) is 1. The van der Waals surface area contributed by atoms with E-state index in [1.165, 1.54) is 12.0 Å². The van der Waals surface area contributed by atoms with E-state index < -0.39 is 0 Å². The maximum Gasteiger partial charge on any atom is 0.227 e. The Balaban J connectivity index is 1.47. The molecule has 1 N–H and O–H groups in total. The van der Waals surface area contributed by atoms with E-state index in [0.717, 1.165) is 36.7 Å². The maximum absolute atomic E-state index is 4.30. The van der Waals surface area contributed by atoms with Crippen LogP contribution in [0.4, 0.5) is 11.6 Å². The largest absolute Gasteiger partial charge is 0.324 e. The SMILES string of the molecule is c1cnc(Nc2ccc(Cc3nnc4n3CCC4)cc2)nc1. The Hall–Kier alpha value is -2.76. The molecular formula is C16H16N6. The van der Waals surface area contributed by atoms with Crippen molar-refractivity contribution >= 4 is 11.6 Å². The first-order valence-electron chi connectivity index (χ1n) is 7.42. The van der Waals surface area contributed by atoms with Gasteiger partial charge in [0.15, 0.2) is 0 Å². The standard InChI is InChI=1S/C16H16N6/c1-3-14-20-21-15(22(14)10-1)11-12-4-6-13(7-5-12)19-16-17-8-2-9-18-16/h2,4-9H,1,3,10-11H2,(H,17,18,19). The van der Waals surface area contributed by atoms with Crippen molar-refractivity contribution in [2.75, 3.05) is 5.32 Å². The van der Waals surface area contributed by atoms with E-state index in [1.54, 1.807) is 18.5 Å². The highest BCUT2D eigenvalue weighted by Gasteiger charge is 2.17. The van der Waals surface area contributed by atoms with Crippen LogP contribution in [-0.2, 0) is 19.4 Å². The van der Waals surface area contributed by atoms with Crippen LogP contribution in [0.2, 0.25) is 0 Å². The summed E-state index contributed by atoms with van der Waals surface area (Å²) in [5.74, 6) is 2.78. The fraction of sp³-hybridized carbons (Fsp3) is 0.250. The number of nitrogens with zero attached hydrogens (tertiary/aromatic N) is 5. The maximum atomic E-state index is 4.30. The van der Waals surface area contributed by atoms with Gasteiger partial charge in [-0.1, -0.05) is 12.1 Å². The molecule has 6 heteroatoms. The molecule has 1 aliphatic heterocycles. The van der Waals surface area contributed by atoms with Gasteiger partial charge in [0, 0.05) is 37.5 Å². The predicted molar refractivity (Wildman–Crippen MR) is 82.9 cm³/mol. The minimum atomic E-state index is 0.602. The third-order valence-corrected chi connectivity index (χ3v) is 3.82. The Labute approximate surface area is 128 Å². The molecule has 1 aromatic carbocycles. The van der Waals surface area contributed by atoms with Crippen molar-refractivity contribution in [1.82, 2.24) is 24.7 Å². The summed E-state index contributed by atoms with van der Waals surface area (Å²) in [6.07, 6.45) is 6.48. The lowest BCUT2D eigenvalue weighted by molar-refractivity contribution is 0.700. The van der Waals surface area contributed by atoms with Gasteiger partial charge in [0.25, 0.3) is 0 Å². The molecule has 0 atom stereocenters. The molecule has 0 saturated heterocycles. The van der Waals surface area contributed by atoms with Crippen molar-refractivity contribution in [3.8, 4) is 0 Å². The van der Waals surface area contributed by atoms with Crippen LogP contribution in [0.5, 0.6) is 0 Å². The molecule has 3 heterocycles. The van der Waals surface area contributed by atoms with Gasteiger partial charge >= 0.3 is 0 Å². The fourth-order valence-corrected chi connectivity index (χ4v) is 2.72. The van der Waals surface area contributed by atoms with Gasteiger partial charge in [-0.3, -0.25) is 0 Å². The molecule has 0 unspecified atom stereocenters. The van der Waals surface area contributed by atoms with E-state index in [4.69, 9.17) is 0 Å². The van der Waals surface area contributed by atoms with Crippen LogP contribution in [0.25, 0.3) is 0 Å². The highest BCUT2D eigenvalue weighted by Crippen LogP contribution is 2.18. The average molecular weight is 292 g/mol. The second-order valence-corrected chi connectivity index (χ2v) is 5.36. The zero-order chi connectivity index (χ0) is 14.8. The normalized spacial score (nSPS) is 13.1. The molecule has 0 spiro atoms. The highest BCUT2D eigenvalue weighted by atomic mass is 15.3. The van der Waals surface area contributed by atoms with Crippen molar-refractivity contribution in [3.05, 3.63) is 59.9 Å². The van der Waals surface area contributed by atoms with Crippen LogP contribution < -0.4 is 5.32 Å². The zero-order valence-electron chi connectivity index (χ0n) is 12.1. The summed E-state index contributed by atoms with van der Waals surface area (Å²) in [6.45, 7) is 1.04. The van der Waals surface area contributed by atoms with E-state index in [-0.39, 0.29) is 0 Å². The fourth-order valence-electron chi connectivity index (χ4n) is 2.72. The minimum Gasteiger partial charge on any atom is -0.324 e. The van der Waals surface area contributed by atoms with Crippen LogP contribution >= 0.6 is 0 Å². The molecule has 1 aliphatic rings. The number of aromatic nitrogens is 5. The monoisotopic (exact) mass is 292 g/mol. The van der Waals surface area contributed by atoms with Crippen molar-refractivity contribution in [1.29, 1.82) is 0 Å². The third kappa shape index (κ3) is 2.55. The first-order chi connectivity index (χ1) is 10.9. The van der Waals surface area contributed by atoms with Crippen LogP contribution in [-0.4, -0.2) is 24.7 Å². The topological polar surface area (TPSA) is 68.5 Å². The van der Waals surface area contributed by atoms with Gasteiger partial charge in [-0.05, 0) is 30.2 Å². The number of aryl methyl sites for hydroxylation is 1. The predicted octanol–water partition coefficient (Wildman–Crippen LogP) is 2.35. The summed E-state index contributed by atoms with van der Waals surface area (Å²) in [5, 5.41) is 11.7. The Bertz CT molecular complexity index is 763. The first-order valence-corrected chi connectivity index (χ1v) is 7.42. The summed E-state index contributed by atoms with van der Waals surface area (Å²) >= 11 is 0. The van der Waals surface area contributed by atoms with Gasteiger partial charge in [-0.15, -0.1) is 10.2 Å². The van der Waals surface area contributed by atoms with Crippen molar-refractivity contribution in [2.24, 2.45) is 0 Å². The molecule has 0 fully saturated rings. The molecule has 22 heavy (non-hydrogen) atoms. The van der Waals surface area contributed by atoms with Gasteiger partial charge in [-0.2, -0.15) is 0 Å². The molecule has 0 radical (unpaired) electrons. The quantitative estimate of drug-likeness (QED) is 0.799. The average Bonchev–Trinajstić information content (AvgIpc) is 3.15. The summed E-state index contributed by atoms with van der Waals surface area (Å²) in [7, 11) is 0. The van der Waals surface area contributed by atoms with Crippen LogP contribution in [0.3, 0.4) is 0 Å². The van der Waals surface area contributed by atoms with Gasteiger partial charge < -0.3 is 9.88 Å². The lowest BCUT2D eigenvalue weighted by atomic mass is 10.1. The molecule has 0 saturated carbocycles. The summed E-state index contributed by atoms with van der Waals surface area (Å²) < 4.78 is 2.24. The van der Waals surface area contributed by atoms with Gasteiger partial charge in [0.05, 0.1) is 0 Å². The van der Waals surface area contributed by atoms with Gasteiger partial charge in [0.1, 0.15) is 11.6 Å². The van der Waals surface area contributed by atoms with E-state index in [0.29, 0.717) is 5.95 Å². The van der Waals surface area contributed by atoms with Gasteiger partial charge in [-0.25, -0.2) is 9.97 Å². The molecule has 2 aromatic heterocycles. The lowest BCUT2D eigenvalue weighted by Gasteiger charge is -2.06.